The first-order valence-electron chi connectivity index (χ1n) is 11.5. The molecule has 1 aromatic carbocycles. The number of carbonyl (C=O) groups is 2. The fraction of sp³-hybridized carbons (Fsp3) is 0.400. The SMILES string of the molecule is Cc1cc(Cl)cc(-c2ccnc3cc(CN4C(=O)CCC4=O)sc23)c1CN1CCNCC1C(F)F. The molecule has 2 aliphatic heterocycles. The van der Waals surface area contributed by atoms with Crippen LogP contribution in [0.4, 0.5) is 8.78 Å². The summed E-state index contributed by atoms with van der Waals surface area (Å²) >= 11 is 7.94. The van der Waals surface area contributed by atoms with Crippen molar-refractivity contribution in [2.75, 3.05) is 19.6 Å². The number of nitrogens with zero attached hydrogens (tertiary/aromatic N) is 3. The van der Waals surface area contributed by atoms with Gasteiger partial charge >= 0.3 is 0 Å². The highest BCUT2D eigenvalue weighted by atomic mass is 35.5. The number of amides is 2. The molecule has 0 bridgehead atoms. The molecule has 1 atom stereocenters. The van der Waals surface area contributed by atoms with Crippen LogP contribution in [0.3, 0.4) is 0 Å². The molecule has 10 heteroatoms. The largest absolute Gasteiger partial charge is 0.314 e. The minimum Gasteiger partial charge on any atom is -0.314 e. The molecule has 0 radical (unpaired) electrons. The smallest absolute Gasteiger partial charge is 0.255 e. The lowest BCUT2D eigenvalue weighted by Gasteiger charge is -2.36. The highest BCUT2D eigenvalue weighted by molar-refractivity contribution is 7.19. The number of hydrogen-bond donors (Lipinski definition) is 1. The van der Waals surface area contributed by atoms with Gasteiger partial charge in [0.25, 0.3) is 6.43 Å². The Morgan fingerprint density at radius 3 is 2.69 bits per heavy atom. The van der Waals surface area contributed by atoms with Crippen molar-refractivity contribution in [2.45, 2.75) is 45.3 Å². The Labute approximate surface area is 210 Å². The molecule has 2 aliphatic rings. The number of aryl methyl sites for hydroxylation is 1. The molecule has 6 nitrogen and oxygen atoms in total. The minimum absolute atomic E-state index is 0.155. The third-order valence-electron chi connectivity index (χ3n) is 6.71. The van der Waals surface area contributed by atoms with Crippen molar-refractivity contribution in [1.29, 1.82) is 0 Å². The van der Waals surface area contributed by atoms with Gasteiger partial charge in [0.1, 0.15) is 0 Å². The van der Waals surface area contributed by atoms with Gasteiger partial charge in [-0.1, -0.05) is 11.6 Å². The zero-order valence-corrected chi connectivity index (χ0v) is 20.8. The molecular weight excluding hydrogens is 494 g/mol. The second-order valence-corrected chi connectivity index (χ2v) is 10.6. The molecule has 3 aromatic rings. The summed E-state index contributed by atoms with van der Waals surface area (Å²) in [6, 6.07) is 6.70. The monoisotopic (exact) mass is 518 g/mol. The number of thiophene rings is 1. The molecule has 0 aliphatic carbocycles. The van der Waals surface area contributed by atoms with Gasteiger partial charge in [-0.25, -0.2) is 8.78 Å². The molecule has 184 valence electrons. The van der Waals surface area contributed by atoms with E-state index in [4.69, 9.17) is 11.6 Å². The summed E-state index contributed by atoms with van der Waals surface area (Å²) in [6.07, 6.45) is -0.219. The number of nitrogens with one attached hydrogen (secondary N) is 1. The summed E-state index contributed by atoms with van der Waals surface area (Å²) in [4.78, 5) is 32.7. The van der Waals surface area contributed by atoms with Gasteiger partial charge in [0.15, 0.2) is 0 Å². The summed E-state index contributed by atoms with van der Waals surface area (Å²) in [6.45, 7) is 4.01. The van der Waals surface area contributed by atoms with Gasteiger partial charge in [-0.15, -0.1) is 11.3 Å². The number of aromatic nitrogens is 1. The number of rotatable bonds is 6. The van der Waals surface area contributed by atoms with Gasteiger partial charge in [-0.2, -0.15) is 0 Å². The van der Waals surface area contributed by atoms with E-state index < -0.39 is 12.5 Å². The van der Waals surface area contributed by atoms with Crippen molar-refractivity contribution >= 4 is 45.0 Å². The molecule has 0 saturated carbocycles. The van der Waals surface area contributed by atoms with Crippen LogP contribution < -0.4 is 5.32 Å². The molecule has 1 N–H and O–H groups in total. The minimum atomic E-state index is -2.44. The molecular formula is C25H25ClF2N4O2S. The van der Waals surface area contributed by atoms with Crippen LogP contribution in [-0.2, 0) is 22.7 Å². The molecule has 0 spiro atoms. The standard InChI is InChI=1S/C25H25ClF2N4O2S/c1-14-8-15(26)9-18(19(14)13-31-7-6-29-11-21(31)25(27)28)17-4-5-30-20-10-16(35-24(17)20)12-32-22(33)2-3-23(32)34/h4-5,8-10,21,25,29H,2-3,6-7,11-13H2,1H3. The number of alkyl halides is 2. The Morgan fingerprint density at radius 2 is 1.94 bits per heavy atom. The maximum Gasteiger partial charge on any atom is 0.255 e. The Balaban J connectivity index is 1.55. The molecule has 35 heavy (non-hydrogen) atoms. The third kappa shape index (κ3) is 4.82. The van der Waals surface area contributed by atoms with Gasteiger partial charge in [0.2, 0.25) is 11.8 Å². The Hall–Kier alpha value is -2.46. The topological polar surface area (TPSA) is 65.5 Å². The van der Waals surface area contributed by atoms with Gasteiger partial charge in [0.05, 0.1) is 22.8 Å². The van der Waals surface area contributed by atoms with Gasteiger partial charge in [0, 0.05) is 60.7 Å². The van der Waals surface area contributed by atoms with Crippen LogP contribution in [0.1, 0.15) is 28.8 Å². The second-order valence-electron chi connectivity index (χ2n) is 8.98. The third-order valence-corrected chi connectivity index (χ3v) is 8.07. The van der Waals surface area contributed by atoms with Crippen molar-refractivity contribution in [2.24, 2.45) is 0 Å². The van der Waals surface area contributed by atoms with Crippen LogP contribution in [0.2, 0.25) is 5.02 Å². The van der Waals surface area contributed by atoms with E-state index in [1.54, 1.807) is 6.20 Å². The van der Waals surface area contributed by atoms with Crippen molar-refractivity contribution < 1.29 is 18.4 Å². The first-order chi connectivity index (χ1) is 16.8. The molecule has 2 aromatic heterocycles. The number of imide groups is 1. The van der Waals surface area contributed by atoms with E-state index in [2.05, 4.69) is 10.3 Å². The normalized spacial score (nSPS) is 19.5. The van der Waals surface area contributed by atoms with E-state index >= 15 is 0 Å². The lowest BCUT2D eigenvalue weighted by Crippen LogP contribution is -2.54. The van der Waals surface area contributed by atoms with Gasteiger partial charge in [-0.3, -0.25) is 24.4 Å². The quantitative estimate of drug-likeness (QED) is 0.483. The van der Waals surface area contributed by atoms with E-state index in [-0.39, 0.29) is 37.7 Å². The number of fused-ring (bicyclic) bond motifs is 1. The summed E-state index contributed by atoms with van der Waals surface area (Å²) in [5.74, 6) is -0.309. The van der Waals surface area contributed by atoms with Crippen LogP contribution in [0.15, 0.2) is 30.5 Å². The van der Waals surface area contributed by atoms with E-state index in [1.165, 1.54) is 16.2 Å². The second kappa shape index (κ2) is 9.89. The number of likely N-dealkylation sites (tertiary alicyclic amines) is 1. The maximum absolute atomic E-state index is 13.7. The predicted molar refractivity (Wildman–Crippen MR) is 133 cm³/mol. The lowest BCUT2D eigenvalue weighted by molar-refractivity contribution is -0.138. The number of benzene rings is 1. The number of piperazine rings is 1. The van der Waals surface area contributed by atoms with E-state index in [1.807, 2.05) is 36.1 Å². The van der Waals surface area contributed by atoms with E-state index in [0.717, 1.165) is 37.3 Å². The molecule has 1 unspecified atom stereocenters. The van der Waals surface area contributed by atoms with Gasteiger partial charge < -0.3 is 5.32 Å². The predicted octanol–water partition coefficient (Wildman–Crippen LogP) is 4.61. The highest BCUT2D eigenvalue weighted by Gasteiger charge is 2.31. The zero-order chi connectivity index (χ0) is 24.7. The fourth-order valence-corrected chi connectivity index (χ4v) is 6.27. The van der Waals surface area contributed by atoms with Crippen molar-refractivity contribution in [3.05, 3.63) is 51.5 Å². The number of carbonyl (C=O) groups excluding carboxylic acids is 2. The van der Waals surface area contributed by atoms with Crippen molar-refractivity contribution in [1.82, 2.24) is 20.1 Å². The average molecular weight is 519 g/mol. The molecule has 5 rings (SSSR count). The Kier molecular flexibility index (Phi) is 6.85. The molecule has 2 amide bonds. The number of pyridine rings is 1. The number of hydrogen-bond acceptors (Lipinski definition) is 6. The first kappa shape index (κ1) is 24.2. The van der Waals surface area contributed by atoms with Crippen molar-refractivity contribution in [3.8, 4) is 11.1 Å². The van der Waals surface area contributed by atoms with Gasteiger partial charge in [-0.05, 0) is 47.9 Å². The Bertz CT molecular complexity index is 1280. The first-order valence-corrected chi connectivity index (χ1v) is 12.7. The summed E-state index contributed by atoms with van der Waals surface area (Å²) in [5, 5.41) is 3.63. The summed E-state index contributed by atoms with van der Waals surface area (Å²) in [5.41, 5.74) is 4.45. The van der Waals surface area contributed by atoms with Crippen LogP contribution in [0, 0.1) is 6.92 Å². The van der Waals surface area contributed by atoms with E-state index in [9.17, 15) is 18.4 Å². The summed E-state index contributed by atoms with van der Waals surface area (Å²) < 4.78 is 28.4. The molecule has 2 fully saturated rings. The average Bonchev–Trinajstić information content (AvgIpc) is 3.38. The van der Waals surface area contributed by atoms with Crippen LogP contribution in [0.5, 0.6) is 0 Å². The number of halogens is 3. The maximum atomic E-state index is 13.7. The van der Waals surface area contributed by atoms with Crippen LogP contribution in [0.25, 0.3) is 21.3 Å². The molecule has 2 saturated heterocycles. The van der Waals surface area contributed by atoms with Crippen LogP contribution in [-0.4, -0.2) is 58.7 Å². The summed E-state index contributed by atoms with van der Waals surface area (Å²) in [7, 11) is 0. The van der Waals surface area contributed by atoms with E-state index in [0.29, 0.717) is 24.7 Å². The lowest BCUT2D eigenvalue weighted by atomic mass is 9.95. The van der Waals surface area contributed by atoms with Crippen molar-refractivity contribution in [3.63, 3.8) is 0 Å². The van der Waals surface area contributed by atoms with Crippen LogP contribution >= 0.6 is 22.9 Å². The molecule has 4 heterocycles. The fourth-order valence-electron chi connectivity index (χ4n) is 4.87. The highest BCUT2D eigenvalue weighted by Crippen LogP contribution is 2.39. The Morgan fingerprint density at radius 1 is 1.17 bits per heavy atom. The zero-order valence-electron chi connectivity index (χ0n) is 19.2.